The van der Waals surface area contributed by atoms with Crippen LogP contribution in [0, 0.1) is 5.82 Å². The maximum atomic E-state index is 13.5. The van der Waals surface area contributed by atoms with E-state index in [9.17, 15) is 4.39 Å². The van der Waals surface area contributed by atoms with Gasteiger partial charge in [-0.15, -0.1) is 0 Å². The van der Waals surface area contributed by atoms with Crippen LogP contribution in [0.25, 0.3) is 0 Å². The Morgan fingerprint density at radius 1 is 1.10 bits per heavy atom. The second kappa shape index (κ2) is 5.43. The molecule has 4 heteroatoms. The van der Waals surface area contributed by atoms with Crippen LogP contribution in [-0.4, -0.2) is 25.0 Å². The van der Waals surface area contributed by atoms with E-state index in [0.29, 0.717) is 5.02 Å². The maximum Gasteiger partial charge on any atom is 0.123 e. The van der Waals surface area contributed by atoms with Crippen molar-refractivity contribution in [2.24, 2.45) is 0 Å². The molecular formula is C16H16ClFN2. The summed E-state index contributed by atoms with van der Waals surface area (Å²) in [6.45, 7) is 2.53. The largest absolute Gasteiger partial charge is 0.340 e. The van der Waals surface area contributed by atoms with Crippen LogP contribution in [0.1, 0.15) is 5.56 Å². The van der Waals surface area contributed by atoms with Crippen molar-refractivity contribution >= 4 is 23.0 Å². The van der Waals surface area contributed by atoms with E-state index in [-0.39, 0.29) is 5.82 Å². The lowest BCUT2D eigenvalue weighted by Gasteiger charge is -2.25. The minimum Gasteiger partial charge on any atom is -0.340 e. The van der Waals surface area contributed by atoms with E-state index in [1.165, 1.54) is 6.07 Å². The van der Waals surface area contributed by atoms with E-state index in [2.05, 4.69) is 16.8 Å². The number of anilines is 2. The second-order valence-corrected chi connectivity index (χ2v) is 5.58. The van der Waals surface area contributed by atoms with Crippen molar-refractivity contribution in [1.29, 1.82) is 0 Å². The Hall–Kier alpha value is -1.58. The first-order valence-corrected chi connectivity index (χ1v) is 7.01. The molecule has 0 amide bonds. The van der Waals surface area contributed by atoms with Crippen molar-refractivity contribution in [2.45, 2.75) is 6.54 Å². The lowest BCUT2D eigenvalue weighted by Crippen LogP contribution is -2.26. The highest BCUT2D eigenvalue weighted by molar-refractivity contribution is 6.30. The standard InChI is InChI=1S/C16H16ClFN2/c1-19-7-8-20(15-4-2-3-13(17)10-15)16-6-5-14(18)9-12(16)11-19/h2-6,9-10H,7-8,11H2,1H3. The van der Waals surface area contributed by atoms with Crippen molar-refractivity contribution in [2.75, 3.05) is 25.0 Å². The summed E-state index contributed by atoms with van der Waals surface area (Å²) in [5, 5.41) is 0.712. The fourth-order valence-electron chi connectivity index (χ4n) is 2.62. The van der Waals surface area contributed by atoms with E-state index in [0.717, 1.165) is 36.6 Å². The molecule has 3 rings (SSSR count). The van der Waals surface area contributed by atoms with Gasteiger partial charge in [-0.1, -0.05) is 17.7 Å². The lowest BCUT2D eigenvalue weighted by molar-refractivity contribution is 0.343. The highest BCUT2D eigenvalue weighted by Gasteiger charge is 2.19. The molecule has 0 unspecified atom stereocenters. The molecule has 0 fully saturated rings. The first-order valence-electron chi connectivity index (χ1n) is 6.63. The van der Waals surface area contributed by atoms with Gasteiger partial charge >= 0.3 is 0 Å². The van der Waals surface area contributed by atoms with E-state index in [1.54, 1.807) is 6.07 Å². The van der Waals surface area contributed by atoms with Gasteiger partial charge in [-0.3, -0.25) is 0 Å². The van der Waals surface area contributed by atoms with Crippen LogP contribution in [0.2, 0.25) is 5.02 Å². The molecule has 0 saturated heterocycles. The van der Waals surface area contributed by atoms with Gasteiger partial charge in [-0.25, -0.2) is 4.39 Å². The Bertz CT molecular complexity index is 630. The average Bonchev–Trinajstić information content (AvgIpc) is 2.56. The topological polar surface area (TPSA) is 6.48 Å². The minimum atomic E-state index is -0.190. The van der Waals surface area contributed by atoms with Crippen LogP contribution in [0.3, 0.4) is 0 Å². The van der Waals surface area contributed by atoms with Crippen molar-refractivity contribution in [3.63, 3.8) is 0 Å². The third-order valence-electron chi connectivity index (χ3n) is 3.60. The fraction of sp³-hybridized carbons (Fsp3) is 0.250. The Morgan fingerprint density at radius 3 is 2.75 bits per heavy atom. The van der Waals surface area contributed by atoms with Crippen molar-refractivity contribution < 1.29 is 4.39 Å². The van der Waals surface area contributed by atoms with Gasteiger partial charge in [0, 0.05) is 36.0 Å². The van der Waals surface area contributed by atoms with Crippen LogP contribution in [0.5, 0.6) is 0 Å². The molecule has 0 aromatic heterocycles. The summed E-state index contributed by atoms with van der Waals surface area (Å²) < 4.78 is 13.5. The SMILES string of the molecule is CN1CCN(c2cccc(Cl)c2)c2ccc(F)cc2C1. The number of halogens is 2. The number of likely N-dealkylation sites (N-methyl/N-ethyl adjacent to an activating group) is 1. The zero-order valence-corrected chi connectivity index (χ0v) is 12.1. The number of hydrogen-bond donors (Lipinski definition) is 0. The Kier molecular flexibility index (Phi) is 3.64. The predicted octanol–water partition coefficient (Wildman–Crippen LogP) is 4.06. The summed E-state index contributed by atoms with van der Waals surface area (Å²) in [6.07, 6.45) is 0. The van der Waals surface area contributed by atoms with Gasteiger partial charge in [0.1, 0.15) is 5.82 Å². The predicted molar refractivity (Wildman–Crippen MR) is 81.2 cm³/mol. The summed E-state index contributed by atoms with van der Waals surface area (Å²) in [5.41, 5.74) is 3.10. The Morgan fingerprint density at radius 2 is 1.95 bits per heavy atom. The molecule has 0 atom stereocenters. The molecule has 2 nitrogen and oxygen atoms in total. The first kappa shape index (κ1) is 13.4. The van der Waals surface area contributed by atoms with Crippen molar-refractivity contribution in [3.8, 4) is 0 Å². The highest BCUT2D eigenvalue weighted by atomic mass is 35.5. The van der Waals surface area contributed by atoms with Gasteiger partial charge in [0.2, 0.25) is 0 Å². The van der Waals surface area contributed by atoms with Gasteiger partial charge in [0.25, 0.3) is 0 Å². The van der Waals surface area contributed by atoms with Gasteiger partial charge in [-0.2, -0.15) is 0 Å². The number of fused-ring (bicyclic) bond motifs is 1. The van der Waals surface area contributed by atoms with Crippen LogP contribution >= 0.6 is 11.6 Å². The third-order valence-corrected chi connectivity index (χ3v) is 3.83. The Balaban J connectivity index is 2.08. The molecule has 0 N–H and O–H groups in total. The number of rotatable bonds is 1. The summed E-state index contributed by atoms with van der Waals surface area (Å²) in [6, 6.07) is 12.8. The van der Waals surface area contributed by atoms with Gasteiger partial charge < -0.3 is 9.80 Å². The normalized spacial score (nSPS) is 15.8. The lowest BCUT2D eigenvalue weighted by atomic mass is 10.1. The smallest absolute Gasteiger partial charge is 0.123 e. The molecule has 0 aliphatic carbocycles. The quantitative estimate of drug-likeness (QED) is 0.781. The second-order valence-electron chi connectivity index (χ2n) is 5.14. The van der Waals surface area contributed by atoms with Crippen LogP contribution in [0.4, 0.5) is 15.8 Å². The number of nitrogens with zero attached hydrogens (tertiary/aromatic N) is 2. The number of hydrogen-bond acceptors (Lipinski definition) is 2. The highest BCUT2D eigenvalue weighted by Crippen LogP contribution is 2.32. The molecule has 1 aliphatic rings. The fourth-order valence-corrected chi connectivity index (χ4v) is 2.80. The summed E-state index contributed by atoms with van der Waals surface area (Å²) in [7, 11) is 2.05. The molecule has 0 bridgehead atoms. The van der Waals surface area contributed by atoms with Crippen LogP contribution in [-0.2, 0) is 6.54 Å². The molecule has 0 radical (unpaired) electrons. The average molecular weight is 291 g/mol. The zero-order chi connectivity index (χ0) is 14.1. The Labute approximate surface area is 123 Å². The van der Waals surface area contributed by atoms with E-state index < -0.39 is 0 Å². The molecule has 0 saturated carbocycles. The van der Waals surface area contributed by atoms with E-state index in [1.807, 2.05) is 30.3 Å². The van der Waals surface area contributed by atoms with Gasteiger partial charge in [-0.05, 0) is 49.0 Å². The first-order chi connectivity index (χ1) is 9.63. The minimum absolute atomic E-state index is 0.190. The summed E-state index contributed by atoms with van der Waals surface area (Å²) in [4.78, 5) is 4.40. The third kappa shape index (κ3) is 2.65. The molecule has 0 spiro atoms. The molecule has 104 valence electrons. The molecule has 2 aromatic rings. The van der Waals surface area contributed by atoms with Gasteiger partial charge in [0.05, 0.1) is 0 Å². The monoisotopic (exact) mass is 290 g/mol. The molecule has 1 aliphatic heterocycles. The molecular weight excluding hydrogens is 275 g/mol. The number of benzene rings is 2. The van der Waals surface area contributed by atoms with Crippen molar-refractivity contribution in [3.05, 3.63) is 58.9 Å². The molecule has 20 heavy (non-hydrogen) atoms. The van der Waals surface area contributed by atoms with Gasteiger partial charge in [0.15, 0.2) is 0 Å². The van der Waals surface area contributed by atoms with Crippen LogP contribution < -0.4 is 4.90 Å². The molecule has 1 heterocycles. The maximum absolute atomic E-state index is 13.5. The summed E-state index contributed by atoms with van der Waals surface area (Å²) in [5.74, 6) is -0.190. The van der Waals surface area contributed by atoms with Crippen LogP contribution in [0.15, 0.2) is 42.5 Å². The van der Waals surface area contributed by atoms with E-state index >= 15 is 0 Å². The van der Waals surface area contributed by atoms with Crippen molar-refractivity contribution in [1.82, 2.24) is 4.90 Å². The zero-order valence-electron chi connectivity index (χ0n) is 11.3. The summed E-state index contributed by atoms with van der Waals surface area (Å²) >= 11 is 6.09. The van der Waals surface area contributed by atoms with E-state index in [4.69, 9.17) is 11.6 Å². The molecule has 2 aromatic carbocycles.